The van der Waals surface area contributed by atoms with Gasteiger partial charge in [0.15, 0.2) is 0 Å². The molecular formula is C15H26N4S. The molecule has 1 rings (SSSR count). The van der Waals surface area contributed by atoms with Crippen LogP contribution in [0.15, 0.2) is 18.3 Å². The molecule has 4 nitrogen and oxygen atoms in total. The third kappa shape index (κ3) is 5.84. The number of nitrogens with two attached hydrogens (primary N) is 1. The summed E-state index contributed by atoms with van der Waals surface area (Å²) in [5, 5.41) is 3.40. The minimum atomic E-state index is 0.389. The smallest absolute Gasteiger partial charge is 0.126 e. The van der Waals surface area contributed by atoms with Gasteiger partial charge in [-0.05, 0) is 51.5 Å². The topological polar surface area (TPSA) is 54.2 Å². The molecule has 0 spiro atoms. The van der Waals surface area contributed by atoms with E-state index in [1.54, 1.807) is 6.20 Å². The van der Waals surface area contributed by atoms with Crippen molar-refractivity contribution in [2.45, 2.75) is 39.7 Å². The molecule has 0 aromatic carbocycles. The van der Waals surface area contributed by atoms with E-state index < -0.39 is 0 Å². The van der Waals surface area contributed by atoms with E-state index in [-0.39, 0.29) is 0 Å². The predicted octanol–water partition coefficient (Wildman–Crippen LogP) is 2.64. The summed E-state index contributed by atoms with van der Waals surface area (Å²) in [5.74, 6) is 0.839. The third-order valence-corrected chi connectivity index (χ3v) is 3.68. The Labute approximate surface area is 127 Å². The molecule has 3 N–H and O–H groups in total. The summed E-state index contributed by atoms with van der Waals surface area (Å²) in [4.78, 5) is 7.15. The Balaban J connectivity index is 2.40. The Bertz CT molecular complexity index is 418. The Morgan fingerprint density at radius 1 is 1.45 bits per heavy atom. The van der Waals surface area contributed by atoms with Crippen molar-refractivity contribution >= 4 is 23.0 Å². The summed E-state index contributed by atoms with van der Waals surface area (Å²) in [6, 6.07) is 4.13. The highest BCUT2D eigenvalue weighted by atomic mass is 32.1. The van der Waals surface area contributed by atoms with E-state index in [2.05, 4.69) is 36.0 Å². The first kappa shape index (κ1) is 16.9. The van der Waals surface area contributed by atoms with Crippen molar-refractivity contribution in [3.8, 4) is 0 Å². The van der Waals surface area contributed by atoms with E-state index in [9.17, 15) is 0 Å². The fourth-order valence-corrected chi connectivity index (χ4v) is 2.28. The van der Waals surface area contributed by atoms with E-state index in [0.29, 0.717) is 11.0 Å². The van der Waals surface area contributed by atoms with Crippen molar-refractivity contribution in [2.24, 2.45) is 5.73 Å². The van der Waals surface area contributed by atoms with Crippen molar-refractivity contribution in [2.75, 3.05) is 25.0 Å². The highest BCUT2D eigenvalue weighted by Crippen LogP contribution is 2.10. The zero-order valence-electron chi connectivity index (χ0n) is 12.7. The lowest BCUT2D eigenvalue weighted by Crippen LogP contribution is -2.25. The number of rotatable bonds is 9. The lowest BCUT2D eigenvalue weighted by atomic mass is 10.1. The van der Waals surface area contributed by atoms with Crippen LogP contribution in [-0.4, -0.2) is 40.5 Å². The number of anilines is 1. The Kier molecular flexibility index (Phi) is 7.47. The van der Waals surface area contributed by atoms with Gasteiger partial charge in [0.1, 0.15) is 10.8 Å². The molecule has 0 saturated carbocycles. The van der Waals surface area contributed by atoms with Gasteiger partial charge in [-0.3, -0.25) is 0 Å². The first-order valence-electron chi connectivity index (χ1n) is 7.31. The molecular weight excluding hydrogens is 268 g/mol. The minimum Gasteiger partial charge on any atom is -0.389 e. The van der Waals surface area contributed by atoms with Crippen LogP contribution in [0, 0.1) is 0 Å². The average molecular weight is 294 g/mol. The van der Waals surface area contributed by atoms with Gasteiger partial charge in [-0.25, -0.2) is 4.98 Å². The standard InChI is InChI=1S/C15H26N4S/c1-4-19(5-2)10-6-7-12(3)18-14-11-13(15(16)20)8-9-17-14/h8-9,11-12H,4-7,10H2,1-3H3,(H2,16,20)(H,17,18). The summed E-state index contributed by atoms with van der Waals surface area (Å²) in [6.45, 7) is 9.98. The normalized spacial score (nSPS) is 12.4. The van der Waals surface area contributed by atoms with E-state index in [4.69, 9.17) is 18.0 Å². The molecule has 0 amide bonds. The SMILES string of the molecule is CCN(CC)CCCC(C)Nc1cc(C(N)=S)ccn1. The summed E-state index contributed by atoms with van der Waals surface area (Å²) in [6.07, 6.45) is 4.04. The van der Waals surface area contributed by atoms with Gasteiger partial charge in [-0.1, -0.05) is 26.1 Å². The fourth-order valence-electron chi connectivity index (χ4n) is 2.15. The van der Waals surface area contributed by atoms with Crippen molar-refractivity contribution in [3.05, 3.63) is 23.9 Å². The Morgan fingerprint density at radius 3 is 2.75 bits per heavy atom. The second kappa shape index (κ2) is 8.87. The van der Waals surface area contributed by atoms with Crippen molar-refractivity contribution in [3.63, 3.8) is 0 Å². The predicted molar refractivity (Wildman–Crippen MR) is 90.2 cm³/mol. The zero-order valence-corrected chi connectivity index (χ0v) is 13.5. The molecule has 1 atom stereocenters. The van der Waals surface area contributed by atoms with Gasteiger partial charge in [0, 0.05) is 17.8 Å². The van der Waals surface area contributed by atoms with Crippen molar-refractivity contribution in [1.82, 2.24) is 9.88 Å². The van der Waals surface area contributed by atoms with Gasteiger partial charge in [0.2, 0.25) is 0 Å². The summed E-state index contributed by atoms with van der Waals surface area (Å²) in [7, 11) is 0. The lowest BCUT2D eigenvalue weighted by molar-refractivity contribution is 0.295. The van der Waals surface area contributed by atoms with Crippen LogP contribution in [0.1, 0.15) is 39.2 Å². The van der Waals surface area contributed by atoms with Gasteiger partial charge < -0.3 is 16.0 Å². The maximum atomic E-state index is 5.63. The molecule has 0 aliphatic rings. The monoisotopic (exact) mass is 294 g/mol. The average Bonchev–Trinajstić information content (AvgIpc) is 2.44. The molecule has 5 heteroatoms. The molecule has 0 aliphatic carbocycles. The Morgan fingerprint density at radius 2 is 2.15 bits per heavy atom. The quantitative estimate of drug-likeness (QED) is 0.686. The maximum Gasteiger partial charge on any atom is 0.126 e. The van der Waals surface area contributed by atoms with Gasteiger partial charge in [-0.15, -0.1) is 0 Å². The van der Waals surface area contributed by atoms with Crippen molar-refractivity contribution in [1.29, 1.82) is 0 Å². The summed E-state index contributed by atoms with van der Waals surface area (Å²) in [5.41, 5.74) is 6.48. The number of thiocarbonyl (C=S) groups is 1. The van der Waals surface area contributed by atoms with Crippen molar-refractivity contribution < 1.29 is 0 Å². The summed E-state index contributed by atoms with van der Waals surface area (Å²) >= 11 is 4.98. The molecule has 1 unspecified atom stereocenters. The van der Waals surface area contributed by atoms with E-state index in [1.165, 1.54) is 6.42 Å². The number of aromatic nitrogens is 1. The van der Waals surface area contributed by atoms with E-state index >= 15 is 0 Å². The van der Waals surface area contributed by atoms with Crippen LogP contribution in [0.4, 0.5) is 5.82 Å². The zero-order chi connectivity index (χ0) is 15.0. The van der Waals surface area contributed by atoms with Crippen LogP contribution < -0.4 is 11.1 Å². The lowest BCUT2D eigenvalue weighted by Gasteiger charge is -2.20. The highest BCUT2D eigenvalue weighted by Gasteiger charge is 2.06. The molecule has 0 bridgehead atoms. The molecule has 0 saturated heterocycles. The molecule has 20 heavy (non-hydrogen) atoms. The van der Waals surface area contributed by atoms with Gasteiger partial charge in [0.25, 0.3) is 0 Å². The van der Waals surface area contributed by atoms with Crippen LogP contribution in [0.5, 0.6) is 0 Å². The number of pyridine rings is 1. The summed E-state index contributed by atoms with van der Waals surface area (Å²) < 4.78 is 0. The van der Waals surface area contributed by atoms with Gasteiger partial charge in [0.05, 0.1) is 0 Å². The molecule has 1 heterocycles. The van der Waals surface area contributed by atoms with E-state index in [1.807, 2.05) is 12.1 Å². The van der Waals surface area contributed by atoms with Crippen LogP contribution in [0.25, 0.3) is 0 Å². The van der Waals surface area contributed by atoms with Gasteiger partial charge in [-0.2, -0.15) is 0 Å². The number of hydrogen-bond donors (Lipinski definition) is 2. The number of hydrogen-bond acceptors (Lipinski definition) is 4. The van der Waals surface area contributed by atoms with E-state index in [0.717, 1.165) is 37.4 Å². The molecule has 112 valence electrons. The minimum absolute atomic E-state index is 0.389. The largest absolute Gasteiger partial charge is 0.389 e. The van der Waals surface area contributed by atoms with Gasteiger partial charge >= 0.3 is 0 Å². The van der Waals surface area contributed by atoms with Crippen LogP contribution in [-0.2, 0) is 0 Å². The number of nitrogens with zero attached hydrogens (tertiary/aromatic N) is 2. The molecule has 1 aromatic heterocycles. The second-order valence-corrected chi connectivity index (χ2v) is 5.45. The van der Waals surface area contributed by atoms with Crippen LogP contribution in [0.2, 0.25) is 0 Å². The van der Waals surface area contributed by atoms with Crippen LogP contribution in [0.3, 0.4) is 0 Å². The molecule has 0 fully saturated rings. The fraction of sp³-hybridized carbons (Fsp3) is 0.600. The second-order valence-electron chi connectivity index (χ2n) is 5.01. The van der Waals surface area contributed by atoms with Crippen LogP contribution >= 0.6 is 12.2 Å². The first-order valence-corrected chi connectivity index (χ1v) is 7.72. The highest BCUT2D eigenvalue weighted by molar-refractivity contribution is 7.80. The first-order chi connectivity index (χ1) is 9.56. The third-order valence-electron chi connectivity index (χ3n) is 3.44. The molecule has 0 aliphatic heterocycles. The molecule has 0 radical (unpaired) electrons. The number of nitrogens with one attached hydrogen (secondary N) is 1. The Hall–Kier alpha value is -1.20. The maximum absolute atomic E-state index is 5.63. The molecule has 1 aromatic rings.